The summed E-state index contributed by atoms with van der Waals surface area (Å²) in [7, 11) is 0. The Bertz CT molecular complexity index is 636. The van der Waals surface area contributed by atoms with E-state index in [0.29, 0.717) is 12.1 Å². The molecular formula is C20H25NO. The van der Waals surface area contributed by atoms with Gasteiger partial charge in [0.2, 0.25) is 0 Å². The monoisotopic (exact) mass is 295 g/mol. The van der Waals surface area contributed by atoms with E-state index in [1.807, 2.05) is 31.2 Å². The van der Waals surface area contributed by atoms with Gasteiger partial charge in [-0.25, -0.2) is 0 Å². The summed E-state index contributed by atoms with van der Waals surface area (Å²) in [6, 6.07) is 16.4. The molecule has 2 nitrogen and oxygen atoms in total. The number of benzene rings is 2. The summed E-state index contributed by atoms with van der Waals surface area (Å²) in [5.41, 5.74) is 4.49. The highest BCUT2D eigenvalue weighted by atomic mass is 16.1. The zero-order valence-corrected chi connectivity index (χ0v) is 13.9. The van der Waals surface area contributed by atoms with Crippen molar-refractivity contribution >= 4 is 5.91 Å². The number of carbonyl (C=O) groups is 1. The highest BCUT2D eigenvalue weighted by molar-refractivity contribution is 5.94. The number of rotatable bonds is 4. The van der Waals surface area contributed by atoms with Crippen LogP contribution in [0.15, 0.2) is 48.5 Å². The quantitative estimate of drug-likeness (QED) is 0.863. The Morgan fingerprint density at radius 1 is 1.00 bits per heavy atom. The van der Waals surface area contributed by atoms with Crippen molar-refractivity contribution in [1.82, 2.24) is 5.32 Å². The molecule has 1 N–H and O–H groups in total. The average molecular weight is 295 g/mol. The number of hydrogen-bond acceptors (Lipinski definition) is 1. The minimum atomic E-state index is -0.00292. The summed E-state index contributed by atoms with van der Waals surface area (Å²) in [6.45, 7) is 9.41. The van der Waals surface area contributed by atoms with E-state index in [4.69, 9.17) is 0 Å². The van der Waals surface area contributed by atoms with E-state index >= 15 is 0 Å². The second kappa shape index (κ2) is 6.78. The minimum Gasteiger partial charge on any atom is -0.352 e. The Morgan fingerprint density at radius 2 is 1.68 bits per heavy atom. The van der Waals surface area contributed by atoms with Crippen LogP contribution >= 0.6 is 0 Å². The lowest BCUT2D eigenvalue weighted by molar-refractivity contribution is 0.0953. The van der Waals surface area contributed by atoms with E-state index in [1.165, 1.54) is 11.1 Å². The molecule has 0 aliphatic rings. The zero-order valence-electron chi connectivity index (χ0n) is 13.9. The van der Waals surface area contributed by atoms with Crippen LogP contribution in [0.5, 0.6) is 0 Å². The molecule has 22 heavy (non-hydrogen) atoms. The molecule has 0 heterocycles. The number of carbonyl (C=O) groups excluding carboxylic acids is 1. The van der Waals surface area contributed by atoms with Crippen molar-refractivity contribution < 1.29 is 4.79 Å². The lowest BCUT2D eigenvalue weighted by Crippen LogP contribution is -2.23. The van der Waals surface area contributed by atoms with Crippen LogP contribution in [0.1, 0.15) is 50.0 Å². The van der Waals surface area contributed by atoms with Crippen molar-refractivity contribution in [3.05, 3.63) is 59.7 Å². The van der Waals surface area contributed by atoms with Crippen molar-refractivity contribution in [2.75, 3.05) is 6.54 Å². The van der Waals surface area contributed by atoms with Gasteiger partial charge in [-0.15, -0.1) is 0 Å². The van der Waals surface area contributed by atoms with E-state index in [-0.39, 0.29) is 11.3 Å². The Balaban J connectivity index is 2.22. The smallest absolute Gasteiger partial charge is 0.251 e. The molecule has 2 aromatic carbocycles. The van der Waals surface area contributed by atoms with E-state index in [0.717, 1.165) is 12.0 Å². The molecule has 0 aromatic heterocycles. The minimum absolute atomic E-state index is 0.00292. The molecule has 0 saturated heterocycles. The molecule has 0 bridgehead atoms. The number of amides is 1. The van der Waals surface area contributed by atoms with Gasteiger partial charge >= 0.3 is 0 Å². The molecule has 2 heteroatoms. The van der Waals surface area contributed by atoms with E-state index in [1.54, 1.807) is 0 Å². The molecular weight excluding hydrogens is 270 g/mol. The van der Waals surface area contributed by atoms with Crippen LogP contribution in [0.2, 0.25) is 0 Å². The largest absolute Gasteiger partial charge is 0.352 e. The van der Waals surface area contributed by atoms with Gasteiger partial charge in [-0.2, -0.15) is 0 Å². The van der Waals surface area contributed by atoms with Crippen molar-refractivity contribution in [3.63, 3.8) is 0 Å². The third kappa shape index (κ3) is 3.97. The molecule has 2 rings (SSSR count). The SMILES string of the molecule is CCCNC(=O)c1ccc(-c2cccc(C(C)(C)C)c2)cc1. The van der Waals surface area contributed by atoms with Crippen molar-refractivity contribution in [2.24, 2.45) is 0 Å². The predicted molar refractivity (Wildman–Crippen MR) is 93.2 cm³/mol. The molecule has 0 spiro atoms. The third-order valence-electron chi connectivity index (χ3n) is 3.74. The summed E-state index contributed by atoms with van der Waals surface area (Å²) < 4.78 is 0. The van der Waals surface area contributed by atoms with Crippen LogP contribution in [0.4, 0.5) is 0 Å². The van der Waals surface area contributed by atoms with Crippen LogP contribution in [-0.4, -0.2) is 12.5 Å². The van der Waals surface area contributed by atoms with Crippen molar-refractivity contribution in [3.8, 4) is 11.1 Å². The summed E-state index contributed by atoms with van der Waals surface area (Å²) in [5.74, 6) is -0.00292. The van der Waals surface area contributed by atoms with Gasteiger partial charge in [0, 0.05) is 12.1 Å². The fourth-order valence-electron chi connectivity index (χ4n) is 2.32. The first-order valence-corrected chi connectivity index (χ1v) is 7.91. The topological polar surface area (TPSA) is 29.1 Å². The molecule has 1 amide bonds. The molecule has 0 radical (unpaired) electrons. The van der Waals surface area contributed by atoms with Crippen LogP contribution in [0, 0.1) is 0 Å². The van der Waals surface area contributed by atoms with Gasteiger partial charge in [-0.05, 0) is 40.7 Å². The van der Waals surface area contributed by atoms with Crippen LogP contribution < -0.4 is 5.32 Å². The Hall–Kier alpha value is -2.09. The van der Waals surface area contributed by atoms with Gasteiger partial charge in [-0.3, -0.25) is 4.79 Å². The molecule has 0 atom stereocenters. The van der Waals surface area contributed by atoms with E-state index in [2.05, 4.69) is 50.4 Å². The first-order chi connectivity index (χ1) is 10.4. The second-order valence-corrected chi connectivity index (χ2v) is 6.66. The van der Waals surface area contributed by atoms with Crippen LogP contribution in [-0.2, 0) is 5.41 Å². The molecule has 0 saturated carbocycles. The van der Waals surface area contributed by atoms with Crippen molar-refractivity contribution in [1.29, 1.82) is 0 Å². The molecule has 0 fully saturated rings. The normalized spacial score (nSPS) is 11.3. The Morgan fingerprint density at radius 3 is 2.27 bits per heavy atom. The average Bonchev–Trinajstić information content (AvgIpc) is 2.52. The van der Waals surface area contributed by atoms with Gasteiger partial charge in [0.1, 0.15) is 0 Å². The Labute approximate surface area is 133 Å². The maximum absolute atomic E-state index is 11.9. The summed E-state index contributed by atoms with van der Waals surface area (Å²) >= 11 is 0. The number of nitrogens with one attached hydrogen (secondary N) is 1. The van der Waals surface area contributed by atoms with Gasteiger partial charge in [0.25, 0.3) is 5.91 Å². The highest BCUT2D eigenvalue weighted by Gasteiger charge is 2.14. The maximum Gasteiger partial charge on any atom is 0.251 e. The predicted octanol–water partition coefficient (Wildman–Crippen LogP) is 4.79. The lowest BCUT2D eigenvalue weighted by atomic mass is 9.85. The van der Waals surface area contributed by atoms with Gasteiger partial charge in [0.05, 0.1) is 0 Å². The number of hydrogen-bond donors (Lipinski definition) is 1. The molecule has 0 aliphatic carbocycles. The molecule has 116 valence electrons. The second-order valence-electron chi connectivity index (χ2n) is 6.66. The highest BCUT2D eigenvalue weighted by Crippen LogP contribution is 2.27. The zero-order chi connectivity index (χ0) is 16.2. The Kier molecular flexibility index (Phi) is 5.02. The first kappa shape index (κ1) is 16.3. The van der Waals surface area contributed by atoms with Crippen LogP contribution in [0.25, 0.3) is 11.1 Å². The summed E-state index contributed by atoms with van der Waals surface area (Å²) in [6.07, 6.45) is 0.948. The lowest BCUT2D eigenvalue weighted by Gasteiger charge is -2.19. The fourth-order valence-corrected chi connectivity index (χ4v) is 2.32. The van der Waals surface area contributed by atoms with Crippen LogP contribution in [0.3, 0.4) is 0 Å². The third-order valence-corrected chi connectivity index (χ3v) is 3.74. The first-order valence-electron chi connectivity index (χ1n) is 7.91. The summed E-state index contributed by atoms with van der Waals surface area (Å²) in [4.78, 5) is 11.9. The van der Waals surface area contributed by atoms with E-state index in [9.17, 15) is 4.79 Å². The van der Waals surface area contributed by atoms with E-state index < -0.39 is 0 Å². The molecule has 0 unspecified atom stereocenters. The standard InChI is InChI=1S/C20H25NO/c1-5-13-21-19(22)16-11-9-15(10-12-16)17-7-6-8-18(14-17)20(2,3)4/h6-12,14H,5,13H2,1-4H3,(H,21,22). The fraction of sp³-hybridized carbons (Fsp3) is 0.350. The van der Waals surface area contributed by atoms with Gasteiger partial charge in [0.15, 0.2) is 0 Å². The van der Waals surface area contributed by atoms with Crippen molar-refractivity contribution in [2.45, 2.75) is 39.5 Å². The maximum atomic E-state index is 11.9. The molecule has 2 aromatic rings. The summed E-state index contributed by atoms with van der Waals surface area (Å²) in [5, 5.41) is 2.90. The molecule has 0 aliphatic heterocycles. The van der Waals surface area contributed by atoms with Gasteiger partial charge < -0.3 is 5.32 Å². The van der Waals surface area contributed by atoms with Gasteiger partial charge in [-0.1, -0.05) is 64.1 Å².